The Morgan fingerprint density at radius 1 is 1.04 bits per heavy atom. The van der Waals surface area contributed by atoms with E-state index in [1.165, 1.54) is 7.11 Å². The molecule has 0 aliphatic heterocycles. The van der Waals surface area contributed by atoms with Crippen LogP contribution in [0.15, 0.2) is 24.3 Å². The minimum absolute atomic E-state index is 0.140. The predicted molar refractivity (Wildman–Crippen MR) is 88.3 cm³/mol. The Labute approximate surface area is 137 Å². The molecule has 1 aromatic carbocycles. The van der Waals surface area contributed by atoms with Crippen LogP contribution in [0.25, 0.3) is 6.08 Å². The highest BCUT2D eigenvalue weighted by Gasteiger charge is 2.13. The van der Waals surface area contributed by atoms with Crippen LogP contribution in [0, 0.1) is 11.8 Å². The second-order valence-corrected chi connectivity index (χ2v) is 5.67. The van der Waals surface area contributed by atoms with Crippen LogP contribution in [0.2, 0.25) is 0 Å². The monoisotopic (exact) mass is 320 g/mol. The molecule has 0 bridgehead atoms. The van der Waals surface area contributed by atoms with Gasteiger partial charge in [-0.05, 0) is 23.8 Å². The van der Waals surface area contributed by atoms with E-state index in [0.717, 1.165) is 5.56 Å². The summed E-state index contributed by atoms with van der Waals surface area (Å²) < 4.78 is 15.6. The standard InChI is InChI=1S/C18H24O5/c1-12(2)17(19)22-10-6-7-14-8-9-15(16(11-14)21-5)23-18(20)13(3)4/h6-9,11-13H,10H2,1-5H3/b7-6-. The van der Waals surface area contributed by atoms with Gasteiger partial charge in [0.15, 0.2) is 11.5 Å². The van der Waals surface area contributed by atoms with Gasteiger partial charge < -0.3 is 14.2 Å². The van der Waals surface area contributed by atoms with Crippen LogP contribution >= 0.6 is 0 Å². The van der Waals surface area contributed by atoms with Gasteiger partial charge in [-0.25, -0.2) is 0 Å². The fourth-order valence-corrected chi connectivity index (χ4v) is 1.58. The van der Waals surface area contributed by atoms with E-state index in [2.05, 4.69) is 0 Å². The van der Waals surface area contributed by atoms with Gasteiger partial charge in [0.05, 0.1) is 18.9 Å². The zero-order valence-electron chi connectivity index (χ0n) is 14.3. The number of carbonyl (C=O) groups is 2. The van der Waals surface area contributed by atoms with Gasteiger partial charge >= 0.3 is 11.9 Å². The molecule has 0 saturated heterocycles. The SMILES string of the molecule is COc1cc(/C=C\COC(=O)C(C)C)ccc1OC(=O)C(C)C. The van der Waals surface area contributed by atoms with E-state index in [4.69, 9.17) is 14.2 Å². The molecule has 0 aliphatic carbocycles. The minimum atomic E-state index is -0.313. The van der Waals surface area contributed by atoms with Gasteiger partial charge in [0.2, 0.25) is 0 Å². The summed E-state index contributed by atoms with van der Waals surface area (Å²) in [6.45, 7) is 7.32. The zero-order valence-corrected chi connectivity index (χ0v) is 14.3. The van der Waals surface area contributed by atoms with Crippen molar-refractivity contribution in [2.24, 2.45) is 11.8 Å². The van der Waals surface area contributed by atoms with Gasteiger partial charge in [-0.3, -0.25) is 9.59 Å². The Hall–Kier alpha value is -2.30. The summed E-state index contributed by atoms with van der Waals surface area (Å²) >= 11 is 0. The van der Waals surface area contributed by atoms with Gasteiger partial charge in [-0.2, -0.15) is 0 Å². The average molecular weight is 320 g/mol. The molecule has 1 rings (SSSR count). The Kier molecular flexibility index (Phi) is 7.32. The molecule has 0 radical (unpaired) electrons. The van der Waals surface area contributed by atoms with Gasteiger partial charge in [0.25, 0.3) is 0 Å². The number of methoxy groups -OCH3 is 1. The highest BCUT2D eigenvalue weighted by molar-refractivity contribution is 5.75. The maximum absolute atomic E-state index is 11.7. The first-order valence-corrected chi connectivity index (χ1v) is 7.58. The lowest BCUT2D eigenvalue weighted by molar-refractivity contribution is -0.146. The molecule has 0 aliphatic rings. The van der Waals surface area contributed by atoms with Crippen molar-refractivity contribution in [3.8, 4) is 11.5 Å². The third-order valence-electron chi connectivity index (χ3n) is 2.97. The quantitative estimate of drug-likeness (QED) is 0.568. The highest BCUT2D eigenvalue weighted by atomic mass is 16.6. The number of benzene rings is 1. The van der Waals surface area contributed by atoms with Crippen molar-refractivity contribution in [1.29, 1.82) is 0 Å². The summed E-state index contributed by atoms with van der Waals surface area (Å²) in [7, 11) is 1.51. The van der Waals surface area contributed by atoms with E-state index >= 15 is 0 Å². The van der Waals surface area contributed by atoms with E-state index in [1.54, 1.807) is 52.0 Å². The second-order valence-electron chi connectivity index (χ2n) is 5.67. The van der Waals surface area contributed by atoms with Crippen LogP contribution in [0.4, 0.5) is 0 Å². The minimum Gasteiger partial charge on any atom is -0.493 e. The lowest BCUT2D eigenvalue weighted by atomic mass is 10.2. The van der Waals surface area contributed by atoms with Crippen LogP contribution < -0.4 is 9.47 Å². The van der Waals surface area contributed by atoms with E-state index in [-0.39, 0.29) is 30.4 Å². The molecule has 0 N–H and O–H groups in total. The molecule has 126 valence electrons. The molecule has 0 fully saturated rings. The molecule has 0 spiro atoms. The van der Waals surface area contributed by atoms with Crippen molar-refractivity contribution in [3.63, 3.8) is 0 Å². The second kappa shape index (κ2) is 8.98. The molecule has 0 amide bonds. The van der Waals surface area contributed by atoms with Gasteiger partial charge in [-0.15, -0.1) is 0 Å². The zero-order chi connectivity index (χ0) is 17.4. The molecule has 0 heterocycles. The van der Waals surface area contributed by atoms with Crippen LogP contribution in [0.3, 0.4) is 0 Å². The molecule has 0 unspecified atom stereocenters. The van der Waals surface area contributed by atoms with Crippen molar-refractivity contribution in [1.82, 2.24) is 0 Å². The van der Waals surface area contributed by atoms with Crippen molar-refractivity contribution in [2.75, 3.05) is 13.7 Å². The first-order chi connectivity index (χ1) is 10.8. The van der Waals surface area contributed by atoms with Gasteiger partial charge in [0.1, 0.15) is 6.61 Å². The van der Waals surface area contributed by atoms with E-state index in [9.17, 15) is 9.59 Å². The van der Waals surface area contributed by atoms with E-state index in [1.807, 2.05) is 6.08 Å². The summed E-state index contributed by atoms with van der Waals surface area (Å²) in [6, 6.07) is 5.23. The maximum Gasteiger partial charge on any atom is 0.313 e. The smallest absolute Gasteiger partial charge is 0.313 e. The number of ether oxygens (including phenoxy) is 3. The molecule has 23 heavy (non-hydrogen) atoms. The van der Waals surface area contributed by atoms with Crippen LogP contribution in [-0.4, -0.2) is 25.7 Å². The van der Waals surface area contributed by atoms with Crippen LogP contribution in [0.5, 0.6) is 11.5 Å². The molecular weight excluding hydrogens is 296 g/mol. The van der Waals surface area contributed by atoms with E-state index < -0.39 is 0 Å². The lowest BCUT2D eigenvalue weighted by Crippen LogP contribution is -2.15. The summed E-state index contributed by atoms with van der Waals surface area (Å²) in [6.07, 6.45) is 3.55. The number of carbonyl (C=O) groups excluding carboxylic acids is 2. The molecule has 0 atom stereocenters. The maximum atomic E-state index is 11.7. The van der Waals surface area contributed by atoms with Gasteiger partial charge in [-0.1, -0.05) is 39.8 Å². The molecule has 0 saturated carbocycles. The molecule has 5 nitrogen and oxygen atoms in total. The van der Waals surface area contributed by atoms with Crippen molar-refractivity contribution < 1.29 is 23.8 Å². The van der Waals surface area contributed by atoms with Crippen LogP contribution in [-0.2, 0) is 14.3 Å². The Morgan fingerprint density at radius 3 is 2.26 bits per heavy atom. The summed E-state index contributed by atoms with van der Waals surface area (Å²) in [5.74, 6) is -0.0429. The van der Waals surface area contributed by atoms with Gasteiger partial charge in [0, 0.05) is 0 Å². The number of esters is 2. The number of rotatable bonds is 7. The Morgan fingerprint density at radius 2 is 1.70 bits per heavy atom. The molecule has 0 aromatic heterocycles. The first-order valence-electron chi connectivity index (χ1n) is 7.58. The highest BCUT2D eigenvalue weighted by Crippen LogP contribution is 2.29. The number of hydrogen-bond donors (Lipinski definition) is 0. The fourth-order valence-electron chi connectivity index (χ4n) is 1.58. The predicted octanol–water partition coefficient (Wildman–Crippen LogP) is 3.47. The third-order valence-corrected chi connectivity index (χ3v) is 2.97. The average Bonchev–Trinajstić information content (AvgIpc) is 2.51. The van der Waals surface area contributed by atoms with Crippen molar-refractivity contribution in [3.05, 3.63) is 29.8 Å². The normalized spacial score (nSPS) is 11.1. The molecule has 1 aromatic rings. The topological polar surface area (TPSA) is 61.8 Å². The molecular formula is C18H24O5. The van der Waals surface area contributed by atoms with Crippen molar-refractivity contribution >= 4 is 18.0 Å². The van der Waals surface area contributed by atoms with Crippen molar-refractivity contribution in [2.45, 2.75) is 27.7 Å². The first kappa shape index (κ1) is 18.7. The van der Waals surface area contributed by atoms with Crippen LogP contribution in [0.1, 0.15) is 33.3 Å². The fraction of sp³-hybridized carbons (Fsp3) is 0.444. The largest absolute Gasteiger partial charge is 0.493 e. The number of hydrogen-bond acceptors (Lipinski definition) is 5. The summed E-state index contributed by atoms with van der Waals surface area (Å²) in [5, 5.41) is 0. The summed E-state index contributed by atoms with van der Waals surface area (Å²) in [4.78, 5) is 23.0. The lowest BCUT2D eigenvalue weighted by Gasteiger charge is -2.11. The summed E-state index contributed by atoms with van der Waals surface area (Å²) in [5.41, 5.74) is 0.854. The third kappa shape index (κ3) is 6.14. The Balaban J connectivity index is 2.71. The molecule has 5 heteroatoms. The van der Waals surface area contributed by atoms with E-state index in [0.29, 0.717) is 11.5 Å². The Bertz CT molecular complexity index is 573.